The lowest BCUT2D eigenvalue weighted by atomic mass is 9.86. The molecule has 0 aliphatic heterocycles. The number of benzene rings is 1. The number of fused-ring (bicyclic) bond motifs is 2. The van der Waals surface area contributed by atoms with Gasteiger partial charge in [-0.1, -0.05) is 36.8 Å². The molecule has 4 atom stereocenters. The van der Waals surface area contributed by atoms with E-state index in [0.29, 0.717) is 5.92 Å². The van der Waals surface area contributed by atoms with Gasteiger partial charge < -0.3 is 10.4 Å². The van der Waals surface area contributed by atoms with E-state index in [1.54, 1.807) is 0 Å². The highest BCUT2D eigenvalue weighted by molar-refractivity contribution is 5.80. The third-order valence-electron chi connectivity index (χ3n) is 5.20. The fourth-order valence-electron chi connectivity index (χ4n) is 3.94. The van der Waals surface area contributed by atoms with Crippen LogP contribution in [0, 0.1) is 17.8 Å². The Bertz CT molecular complexity index is 487. The third kappa shape index (κ3) is 2.35. The summed E-state index contributed by atoms with van der Waals surface area (Å²) in [5.41, 5.74) is 0.277. The van der Waals surface area contributed by atoms with Gasteiger partial charge in [-0.3, -0.25) is 4.79 Å². The molecule has 2 fully saturated rings. The van der Waals surface area contributed by atoms with E-state index in [1.807, 2.05) is 37.3 Å². The molecule has 0 saturated heterocycles. The SMILES string of the molecule is CC(CO)(NC(=O)C1CC2CCC1C2)c1ccccc1. The van der Waals surface area contributed by atoms with Crippen LogP contribution in [-0.4, -0.2) is 17.6 Å². The van der Waals surface area contributed by atoms with Gasteiger partial charge in [-0.05, 0) is 43.6 Å². The van der Waals surface area contributed by atoms with Crippen molar-refractivity contribution >= 4 is 5.91 Å². The van der Waals surface area contributed by atoms with Crippen molar-refractivity contribution in [1.82, 2.24) is 5.32 Å². The Kier molecular flexibility index (Phi) is 3.55. The molecule has 108 valence electrons. The lowest BCUT2D eigenvalue weighted by Gasteiger charge is -2.32. The largest absolute Gasteiger partial charge is 0.394 e. The lowest BCUT2D eigenvalue weighted by Crippen LogP contribution is -2.49. The Hall–Kier alpha value is -1.35. The number of aliphatic hydroxyl groups is 1. The Morgan fingerprint density at radius 2 is 2.05 bits per heavy atom. The second-order valence-corrected chi connectivity index (χ2v) is 6.63. The lowest BCUT2D eigenvalue weighted by molar-refractivity contribution is -0.129. The van der Waals surface area contributed by atoms with Gasteiger partial charge >= 0.3 is 0 Å². The maximum absolute atomic E-state index is 12.6. The molecule has 0 radical (unpaired) electrons. The summed E-state index contributed by atoms with van der Waals surface area (Å²) in [7, 11) is 0. The molecular formula is C17H23NO2. The van der Waals surface area contributed by atoms with Crippen LogP contribution in [-0.2, 0) is 10.3 Å². The number of carbonyl (C=O) groups excluding carboxylic acids is 1. The first kappa shape index (κ1) is 13.6. The summed E-state index contributed by atoms with van der Waals surface area (Å²) in [6, 6.07) is 9.73. The first-order valence-corrected chi connectivity index (χ1v) is 7.61. The van der Waals surface area contributed by atoms with Crippen LogP contribution in [0.25, 0.3) is 0 Å². The smallest absolute Gasteiger partial charge is 0.224 e. The number of rotatable bonds is 4. The van der Waals surface area contributed by atoms with Gasteiger partial charge in [0.15, 0.2) is 0 Å². The number of carbonyl (C=O) groups is 1. The Balaban J connectivity index is 1.73. The topological polar surface area (TPSA) is 49.3 Å². The van der Waals surface area contributed by atoms with Crippen molar-refractivity contribution < 1.29 is 9.90 Å². The molecule has 0 spiro atoms. The zero-order valence-electron chi connectivity index (χ0n) is 12.0. The van der Waals surface area contributed by atoms with Gasteiger partial charge in [0.1, 0.15) is 0 Å². The van der Waals surface area contributed by atoms with Gasteiger partial charge in [0.25, 0.3) is 0 Å². The normalized spacial score (nSPS) is 31.0. The van der Waals surface area contributed by atoms with Crippen molar-refractivity contribution in [3.05, 3.63) is 35.9 Å². The minimum atomic E-state index is -0.680. The predicted molar refractivity (Wildman–Crippen MR) is 78.0 cm³/mol. The van der Waals surface area contributed by atoms with Gasteiger partial charge in [-0.25, -0.2) is 0 Å². The molecule has 3 heteroatoms. The molecule has 0 aromatic heterocycles. The standard InChI is InChI=1S/C17H23NO2/c1-17(11-19,14-5-3-2-4-6-14)18-16(20)15-10-12-7-8-13(15)9-12/h2-6,12-13,15,19H,7-11H2,1H3,(H,18,20). The van der Waals surface area contributed by atoms with Gasteiger partial charge in [0, 0.05) is 5.92 Å². The fraction of sp³-hybridized carbons (Fsp3) is 0.588. The highest BCUT2D eigenvalue weighted by Gasteiger charge is 2.44. The molecule has 4 unspecified atom stereocenters. The molecule has 2 saturated carbocycles. The van der Waals surface area contributed by atoms with E-state index in [1.165, 1.54) is 19.3 Å². The minimum Gasteiger partial charge on any atom is -0.394 e. The predicted octanol–water partition coefficient (Wildman–Crippen LogP) is 2.45. The van der Waals surface area contributed by atoms with E-state index in [-0.39, 0.29) is 18.4 Å². The quantitative estimate of drug-likeness (QED) is 0.885. The van der Waals surface area contributed by atoms with Crippen molar-refractivity contribution in [2.24, 2.45) is 17.8 Å². The molecule has 20 heavy (non-hydrogen) atoms. The maximum atomic E-state index is 12.6. The first-order chi connectivity index (χ1) is 9.62. The van der Waals surface area contributed by atoms with Crippen LogP contribution in [0.2, 0.25) is 0 Å². The van der Waals surface area contributed by atoms with E-state index in [2.05, 4.69) is 5.32 Å². The molecule has 2 bridgehead atoms. The summed E-state index contributed by atoms with van der Waals surface area (Å²) in [5, 5.41) is 12.8. The molecule has 2 aliphatic carbocycles. The average molecular weight is 273 g/mol. The Morgan fingerprint density at radius 3 is 2.60 bits per heavy atom. The van der Waals surface area contributed by atoms with Gasteiger partial charge in [-0.15, -0.1) is 0 Å². The Labute approximate surface area is 120 Å². The van der Waals surface area contributed by atoms with Crippen molar-refractivity contribution in [3.8, 4) is 0 Å². The molecular weight excluding hydrogens is 250 g/mol. The zero-order chi connectivity index (χ0) is 14.2. The summed E-state index contributed by atoms with van der Waals surface area (Å²) >= 11 is 0. The fourth-order valence-corrected chi connectivity index (χ4v) is 3.94. The first-order valence-electron chi connectivity index (χ1n) is 7.61. The molecule has 0 heterocycles. The number of hydrogen-bond acceptors (Lipinski definition) is 2. The van der Waals surface area contributed by atoms with Crippen molar-refractivity contribution in [3.63, 3.8) is 0 Å². The van der Waals surface area contributed by atoms with E-state index >= 15 is 0 Å². The van der Waals surface area contributed by atoms with E-state index in [9.17, 15) is 9.90 Å². The molecule has 2 aliphatic rings. The highest BCUT2D eigenvalue weighted by atomic mass is 16.3. The zero-order valence-corrected chi connectivity index (χ0v) is 12.0. The monoisotopic (exact) mass is 273 g/mol. The van der Waals surface area contributed by atoms with Crippen LogP contribution in [0.3, 0.4) is 0 Å². The molecule has 3 nitrogen and oxygen atoms in total. The summed E-state index contributed by atoms with van der Waals surface area (Å²) < 4.78 is 0. The van der Waals surface area contributed by atoms with Crippen LogP contribution in [0.15, 0.2) is 30.3 Å². The van der Waals surface area contributed by atoms with Crippen LogP contribution in [0.5, 0.6) is 0 Å². The number of aliphatic hydroxyl groups excluding tert-OH is 1. The number of nitrogens with one attached hydrogen (secondary N) is 1. The van der Waals surface area contributed by atoms with E-state index < -0.39 is 5.54 Å². The second-order valence-electron chi connectivity index (χ2n) is 6.63. The molecule has 2 N–H and O–H groups in total. The highest BCUT2D eigenvalue weighted by Crippen LogP contribution is 2.48. The summed E-state index contributed by atoms with van der Waals surface area (Å²) in [6.07, 6.45) is 4.75. The van der Waals surface area contributed by atoms with Crippen molar-refractivity contribution in [2.45, 2.75) is 38.1 Å². The molecule has 3 rings (SSSR count). The average Bonchev–Trinajstić information content (AvgIpc) is 3.11. The molecule has 1 aromatic rings. The van der Waals surface area contributed by atoms with E-state index in [4.69, 9.17) is 0 Å². The van der Waals surface area contributed by atoms with Crippen molar-refractivity contribution in [1.29, 1.82) is 0 Å². The maximum Gasteiger partial charge on any atom is 0.224 e. The Morgan fingerprint density at radius 1 is 1.30 bits per heavy atom. The summed E-state index contributed by atoms with van der Waals surface area (Å²) in [4.78, 5) is 12.6. The van der Waals surface area contributed by atoms with Crippen LogP contribution in [0.1, 0.15) is 38.2 Å². The third-order valence-corrected chi connectivity index (χ3v) is 5.20. The summed E-state index contributed by atoms with van der Waals surface area (Å²) in [5.74, 6) is 1.60. The van der Waals surface area contributed by atoms with Gasteiger partial charge in [-0.2, -0.15) is 0 Å². The van der Waals surface area contributed by atoms with Gasteiger partial charge in [0.2, 0.25) is 5.91 Å². The summed E-state index contributed by atoms with van der Waals surface area (Å²) in [6.45, 7) is 1.82. The van der Waals surface area contributed by atoms with Crippen LogP contribution >= 0.6 is 0 Å². The van der Waals surface area contributed by atoms with Gasteiger partial charge in [0.05, 0.1) is 12.1 Å². The molecule has 1 amide bonds. The minimum absolute atomic E-state index is 0.0798. The number of hydrogen-bond donors (Lipinski definition) is 2. The molecule has 1 aromatic carbocycles. The van der Waals surface area contributed by atoms with Crippen molar-refractivity contribution in [2.75, 3.05) is 6.61 Å². The van der Waals surface area contributed by atoms with Crippen LogP contribution < -0.4 is 5.32 Å². The second kappa shape index (κ2) is 5.21. The van der Waals surface area contributed by atoms with E-state index in [0.717, 1.165) is 17.9 Å². The van der Waals surface area contributed by atoms with Crippen LogP contribution in [0.4, 0.5) is 0 Å². The number of amides is 1.